The van der Waals surface area contributed by atoms with E-state index in [0.717, 1.165) is 35.5 Å². The fourth-order valence-corrected chi connectivity index (χ4v) is 4.37. The molecule has 0 aromatic carbocycles. The summed E-state index contributed by atoms with van der Waals surface area (Å²) in [7, 11) is 1.93. The summed E-state index contributed by atoms with van der Waals surface area (Å²) in [5.41, 5.74) is 1.80. The molecule has 0 amide bonds. The second-order valence-electron chi connectivity index (χ2n) is 7.76. The molecule has 0 unspecified atom stereocenters. The molecule has 0 N–H and O–H groups in total. The second-order valence-corrected chi connectivity index (χ2v) is 7.76. The number of fused-ring (bicyclic) bond motifs is 1. The van der Waals surface area contributed by atoms with E-state index in [4.69, 9.17) is 9.97 Å². The van der Waals surface area contributed by atoms with E-state index in [-0.39, 0.29) is 0 Å². The molecule has 0 radical (unpaired) electrons. The van der Waals surface area contributed by atoms with Gasteiger partial charge in [0.05, 0.1) is 11.6 Å². The van der Waals surface area contributed by atoms with Gasteiger partial charge in [-0.1, -0.05) is 6.42 Å². The van der Waals surface area contributed by atoms with Gasteiger partial charge in [0.25, 0.3) is 0 Å². The van der Waals surface area contributed by atoms with Crippen molar-refractivity contribution < 1.29 is 0 Å². The van der Waals surface area contributed by atoms with E-state index < -0.39 is 0 Å². The summed E-state index contributed by atoms with van der Waals surface area (Å²) in [5.74, 6) is 1.71. The summed E-state index contributed by atoms with van der Waals surface area (Å²) in [6, 6.07) is 5.25. The number of likely N-dealkylation sites (tertiary alicyclic amines) is 1. The van der Waals surface area contributed by atoms with E-state index in [2.05, 4.69) is 26.8 Å². The summed E-state index contributed by atoms with van der Waals surface area (Å²) >= 11 is 0. The van der Waals surface area contributed by atoms with Crippen molar-refractivity contribution in [1.82, 2.24) is 29.6 Å². The van der Waals surface area contributed by atoms with Gasteiger partial charge in [-0.3, -0.25) is 14.6 Å². The van der Waals surface area contributed by atoms with Gasteiger partial charge in [0.1, 0.15) is 5.82 Å². The van der Waals surface area contributed by atoms with E-state index >= 15 is 0 Å². The first-order chi connectivity index (χ1) is 13.2. The average Bonchev–Trinajstić information content (AvgIpc) is 3.04. The van der Waals surface area contributed by atoms with E-state index in [1.165, 1.54) is 25.8 Å². The number of aromatic nitrogens is 5. The molecule has 5 heterocycles. The number of aryl methyl sites for hydroxylation is 1. The van der Waals surface area contributed by atoms with Gasteiger partial charge in [0, 0.05) is 50.2 Å². The Morgan fingerprint density at radius 2 is 2.00 bits per heavy atom. The highest BCUT2D eigenvalue weighted by Crippen LogP contribution is 2.32. The minimum absolute atomic E-state index is 0.629. The van der Waals surface area contributed by atoms with Crippen molar-refractivity contribution in [3.63, 3.8) is 0 Å². The molecule has 7 heteroatoms. The standard InChI is InChI=1S/C20H25N7/c1-14-6-3-4-9-27(14)16-12-26(13-16)20-17-11-22-25(2)19(17)23-18(24-20)15-7-5-8-21-10-15/h5,7-8,10-11,14,16H,3-4,6,9,12-13H2,1-2H3/t14-/m0/s1. The Morgan fingerprint density at radius 1 is 1.11 bits per heavy atom. The topological polar surface area (TPSA) is 63.0 Å². The lowest BCUT2D eigenvalue weighted by molar-refractivity contribution is 0.0874. The molecule has 1 atom stereocenters. The Bertz CT molecular complexity index is 946. The Labute approximate surface area is 159 Å². The molecule has 5 rings (SSSR count). The van der Waals surface area contributed by atoms with Crippen LogP contribution < -0.4 is 4.90 Å². The zero-order chi connectivity index (χ0) is 18.4. The number of pyridine rings is 1. The minimum atomic E-state index is 0.629. The summed E-state index contributed by atoms with van der Waals surface area (Å²) < 4.78 is 1.82. The first kappa shape index (κ1) is 16.6. The van der Waals surface area contributed by atoms with Gasteiger partial charge in [-0.05, 0) is 38.4 Å². The van der Waals surface area contributed by atoms with E-state index in [0.29, 0.717) is 17.9 Å². The van der Waals surface area contributed by atoms with Crippen molar-refractivity contribution in [2.24, 2.45) is 7.05 Å². The van der Waals surface area contributed by atoms with Crippen LogP contribution in [0.15, 0.2) is 30.7 Å². The van der Waals surface area contributed by atoms with Crippen LogP contribution in [0.5, 0.6) is 0 Å². The van der Waals surface area contributed by atoms with Crippen LogP contribution in [-0.2, 0) is 7.05 Å². The van der Waals surface area contributed by atoms with Crippen molar-refractivity contribution in [3.05, 3.63) is 30.7 Å². The van der Waals surface area contributed by atoms with E-state index in [1.807, 2.05) is 36.3 Å². The maximum atomic E-state index is 4.91. The smallest absolute Gasteiger partial charge is 0.165 e. The fourth-order valence-electron chi connectivity index (χ4n) is 4.37. The molecule has 3 aromatic heterocycles. The molecule has 0 spiro atoms. The minimum Gasteiger partial charge on any atom is -0.353 e. The lowest BCUT2D eigenvalue weighted by Crippen LogP contribution is -2.62. The number of hydrogen-bond acceptors (Lipinski definition) is 6. The van der Waals surface area contributed by atoms with Crippen LogP contribution in [0.3, 0.4) is 0 Å². The zero-order valence-electron chi connectivity index (χ0n) is 15.9. The van der Waals surface area contributed by atoms with Crippen LogP contribution in [0.1, 0.15) is 26.2 Å². The van der Waals surface area contributed by atoms with Crippen LogP contribution in [0.25, 0.3) is 22.4 Å². The van der Waals surface area contributed by atoms with Gasteiger partial charge in [0.2, 0.25) is 0 Å². The maximum absolute atomic E-state index is 4.91. The van der Waals surface area contributed by atoms with Crippen LogP contribution in [0.2, 0.25) is 0 Å². The molecule has 0 bridgehead atoms. The lowest BCUT2D eigenvalue weighted by Gasteiger charge is -2.49. The molecule has 0 aliphatic carbocycles. The summed E-state index contributed by atoms with van der Waals surface area (Å²) in [4.78, 5) is 18.9. The normalized spacial score (nSPS) is 21.6. The average molecular weight is 363 g/mol. The van der Waals surface area contributed by atoms with Gasteiger partial charge in [0.15, 0.2) is 11.5 Å². The Balaban J connectivity index is 1.47. The van der Waals surface area contributed by atoms with Crippen LogP contribution in [0, 0.1) is 0 Å². The molecule has 2 saturated heterocycles. The van der Waals surface area contributed by atoms with Gasteiger partial charge in [-0.2, -0.15) is 5.10 Å². The van der Waals surface area contributed by atoms with Crippen molar-refractivity contribution in [1.29, 1.82) is 0 Å². The predicted octanol–water partition coefficient (Wildman–Crippen LogP) is 2.49. The Morgan fingerprint density at radius 3 is 2.78 bits per heavy atom. The number of hydrogen-bond donors (Lipinski definition) is 0. The van der Waals surface area contributed by atoms with Gasteiger partial charge >= 0.3 is 0 Å². The third kappa shape index (κ3) is 2.86. The summed E-state index contributed by atoms with van der Waals surface area (Å²) in [5, 5.41) is 5.44. The monoisotopic (exact) mass is 363 g/mol. The Hall–Kier alpha value is -2.54. The summed E-state index contributed by atoms with van der Waals surface area (Å²) in [6.45, 7) is 5.65. The molecule has 7 nitrogen and oxygen atoms in total. The van der Waals surface area contributed by atoms with Crippen molar-refractivity contribution in [2.75, 3.05) is 24.5 Å². The molecule has 27 heavy (non-hydrogen) atoms. The molecular formula is C20H25N7. The number of nitrogens with zero attached hydrogens (tertiary/aromatic N) is 7. The Kier molecular flexibility index (Phi) is 4.04. The molecular weight excluding hydrogens is 338 g/mol. The SMILES string of the molecule is C[C@H]1CCCCN1C1CN(c2nc(-c3cccnc3)nc3c2cnn3C)C1. The molecule has 0 saturated carbocycles. The highest BCUT2D eigenvalue weighted by Gasteiger charge is 2.36. The van der Waals surface area contributed by atoms with Crippen LogP contribution in [-0.4, -0.2) is 61.4 Å². The predicted molar refractivity (Wildman–Crippen MR) is 106 cm³/mol. The van der Waals surface area contributed by atoms with Gasteiger partial charge in [-0.15, -0.1) is 0 Å². The lowest BCUT2D eigenvalue weighted by atomic mass is 9.97. The molecule has 3 aromatic rings. The molecule has 2 fully saturated rings. The first-order valence-corrected chi connectivity index (χ1v) is 9.81. The number of piperidine rings is 1. The zero-order valence-corrected chi connectivity index (χ0v) is 15.9. The third-order valence-electron chi connectivity index (χ3n) is 5.98. The first-order valence-electron chi connectivity index (χ1n) is 9.81. The second kappa shape index (κ2) is 6.56. The van der Waals surface area contributed by atoms with Crippen LogP contribution in [0.4, 0.5) is 5.82 Å². The number of anilines is 1. The fraction of sp³-hybridized carbons (Fsp3) is 0.500. The molecule has 2 aliphatic heterocycles. The quantitative estimate of drug-likeness (QED) is 0.712. The highest BCUT2D eigenvalue weighted by molar-refractivity contribution is 5.89. The maximum Gasteiger partial charge on any atom is 0.165 e. The van der Waals surface area contributed by atoms with Gasteiger partial charge in [-0.25, -0.2) is 9.97 Å². The summed E-state index contributed by atoms with van der Waals surface area (Å²) in [6.07, 6.45) is 9.48. The van der Waals surface area contributed by atoms with Crippen molar-refractivity contribution in [2.45, 2.75) is 38.3 Å². The largest absolute Gasteiger partial charge is 0.353 e. The van der Waals surface area contributed by atoms with E-state index in [9.17, 15) is 0 Å². The van der Waals surface area contributed by atoms with Crippen molar-refractivity contribution >= 4 is 16.9 Å². The highest BCUT2D eigenvalue weighted by atomic mass is 15.4. The molecule has 2 aliphatic rings. The van der Waals surface area contributed by atoms with Crippen molar-refractivity contribution in [3.8, 4) is 11.4 Å². The van der Waals surface area contributed by atoms with E-state index in [1.54, 1.807) is 6.20 Å². The molecule has 140 valence electrons. The number of rotatable bonds is 3. The third-order valence-corrected chi connectivity index (χ3v) is 5.98. The van der Waals surface area contributed by atoms with Crippen LogP contribution >= 0.6 is 0 Å². The van der Waals surface area contributed by atoms with Gasteiger partial charge < -0.3 is 4.90 Å².